The Kier molecular flexibility index (Phi) is 4.34. The van der Waals surface area contributed by atoms with Gasteiger partial charge in [0.15, 0.2) is 0 Å². The van der Waals surface area contributed by atoms with E-state index >= 15 is 0 Å². The molecule has 2 aromatic carbocycles. The summed E-state index contributed by atoms with van der Waals surface area (Å²) in [6.07, 6.45) is 0. The van der Waals surface area contributed by atoms with Crippen LogP contribution in [0.5, 0.6) is 0 Å². The second kappa shape index (κ2) is 5.86. The lowest BCUT2D eigenvalue weighted by Crippen LogP contribution is -2.55. The lowest BCUT2D eigenvalue weighted by atomic mass is 10.1. The highest BCUT2D eigenvalue weighted by molar-refractivity contribution is 7.01. The first-order valence-corrected chi connectivity index (χ1v) is 10.4. The van der Waals surface area contributed by atoms with E-state index in [2.05, 4.69) is 88.6 Å². The van der Waals surface area contributed by atoms with E-state index in [9.17, 15) is 0 Å². The Morgan fingerprint density at radius 3 is 1.38 bits per heavy atom. The molecule has 1 heteroatoms. The fourth-order valence-corrected chi connectivity index (χ4v) is 6.20. The van der Waals surface area contributed by atoms with Crippen molar-refractivity contribution in [3.8, 4) is 0 Å². The molecule has 0 aromatic heterocycles. The van der Waals surface area contributed by atoms with Crippen molar-refractivity contribution in [1.29, 1.82) is 0 Å². The quantitative estimate of drug-likeness (QED) is 0.724. The minimum Gasteiger partial charge on any atom is -0.0955 e. The van der Waals surface area contributed by atoms with Crippen LogP contribution in [0.2, 0.25) is 13.1 Å². The SMILES string of the molecule is C=C(C)c1ccccc1[Si](C)(C)c1ccccc1C(=C)C. The molecule has 0 atom stereocenters. The summed E-state index contributed by atoms with van der Waals surface area (Å²) in [7, 11) is -1.79. The van der Waals surface area contributed by atoms with Crippen LogP contribution in [0.25, 0.3) is 11.1 Å². The minimum absolute atomic E-state index is 1.14. The van der Waals surface area contributed by atoms with E-state index in [0.29, 0.717) is 0 Å². The van der Waals surface area contributed by atoms with Crippen LogP contribution in [0.3, 0.4) is 0 Å². The molecule has 0 heterocycles. The molecular formula is C20H24Si. The molecule has 2 rings (SSSR count). The van der Waals surface area contributed by atoms with E-state index < -0.39 is 8.07 Å². The summed E-state index contributed by atoms with van der Waals surface area (Å²) < 4.78 is 0. The topological polar surface area (TPSA) is 0 Å². The van der Waals surface area contributed by atoms with Crippen LogP contribution >= 0.6 is 0 Å². The standard InChI is InChI=1S/C20H24Si/c1-15(2)17-11-7-9-13-19(17)21(5,6)20-14-10-8-12-18(20)16(3)4/h7-14H,1,3H2,2,4-6H3. The van der Waals surface area contributed by atoms with Crippen LogP contribution in [-0.4, -0.2) is 8.07 Å². The van der Waals surface area contributed by atoms with Crippen molar-refractivity contribution in [2.75, 3.05) is 0 Å². The molecule has 0 aliphatic rings. The zero-order valence-electron chi connectivity index (χ0n) is 13.5. The average Bonchev–Trinajstić information content (AvgIpc) is 2.47. The van der Waals surface area contributed by atoms with Gasteiger partial charge < -0.3 is 0 Å². The van der Waals surface area contributed by atoms with Gasteiger partial charge in [-0.3, -0.25) is 0 Å². The first-order chi connectivity index (χ1) is 9.85. The third-order valence-corrected chi connectivity index (χ3v) is 7.69. The Balaban J connectivity index is 2.69. The van der Waals surface area contributed by atoms with Gasteiger partial charge in [0.2, 0.25) is 0 Å². The van der Waals surface area contributed by atoms with Crippen molar-refractivity contribution >= 4 is 29.6 Å². The summed E-state index contributed by atoms with van der Waals surface area (Å²) in [5.41, 5.74) is 4.87. The number of hydrogen-bond acceptors (Lipinski definition) is 0. The Morgan fingerprint density at radius 2 is 1.05 bits per heavy atom. The molecule has 0 aliphatic heterocycles. The monoisotopic (exact) mass is 292 g/mol. The van der Waals surface area contributed by atoms with E-state index in [0.717, 1.165) is 11.1 Å². The van der Waals surface area contributed by atoms with Crippen molar-refractivity contribution in [3.63, 3.8) is 0 Å². The van der Waals surface area contributed by atoms with Crippen LogP contribution in [0.15, 0.2) is 61.7 Å². The molecule has 2 aromatic rings. The normalized spacial score (nSPS) is 11.2. The number of rotatable bonds is 4. The molecule has 0 aliphatic carbocycles. The molecule has 0 radical (unpaired) electrons. The van der Waals surface area contributed by atoms with Crippen LogP contribution in [-0.2, 0) is 0 Å². The third-order valence-electron chi connectivity index (χ3n) is 4.12. The van der Waals surface area contributed by atoms with Gasteiger partial charge in [-0.25, -0.2) is 0 Å². The fourth-order valence-electron chi connectivity index (χ4n) is 2.95. The van der Waals surface area contributed by atoms with Gasteiger partial charge in [-0.2, -0.15) is 0 Å². The highest BCUT2D eigenvalue weighted by Gasteiger charge is 2.30. The minimum atomic E-state index is -1.79. The molecule has 0 nitrogen and oxygen atoms in total. The number of benzene rings is 2. The number of hydrogen-bond donors (Lipinski definition) is 0. The zero-order chi connectivity index (χ0) is 15.6. The van der Waals surface area contributed by atoms with Gasteiger partial charge in [0.05, 0.1) is 0 Å². The predicted molar refractivity (Wildman–Crippen MR) is 99.1 cm³/mol. The first kappa shape index (κ1) is 15.5. The van der Waals surface area contributed by atoms with Crippen LogP contribution < -0.4 is 10.4 Å². The van der Waals surface area contributed by atoms with E-state index in [4.69, 9.17) is 0 Å². The van der Waals surface area contributed by atoms with E-state index in [1.165, 1.54) is 21.5 Å². The molecular weight excluding hydrogens is 268 g/mol. The number of allylic oxidation sites excluding steroid dienone is 2. The molecule has 21 heavy (non-hydrogen) atoms. The van der Waals surface area contributed by atoms with Gasteiger partial charge in [-0.15, -0.1) is 0 Å². The van der Waals surface area contributed by atoms with E-state index in [1.54, 1.807) is 0 Å². The third kappa shape index (κ3) is 2.93. The highest BCUT2D eigenvalue weighted by atomic mass is 28.3. The molecule has 0 spiro atoms. The van der Waals surface area contributed by atoms with Crippen LogP contribution in [0.1, 0.15) is 25.0 Å². The second-order valence-corrected chi connectivity index (χ2v) is 10.6. The van der Waals surface area contributed by atoms with Gasteiger partial charge >= 0.3 is 0 Å². The van der Waals surface area contributed by atoms with Crippen LogP contribution in [0.4, 0.5) is 0 Å². The zero-order valence-corrected chi connectivity index (χ0v) is 14.5. The van der Waals surface area contributed by atoms with E-state index in [1.807, 2.05) is 0 Å². The van der Waals surface area contributed by atoms with Crippen molar-refractivity contribution in [2.24, 2.45) is 0 Å². The van der Waals surface area contributed by atoms with Crippen LogP contribution in [0, 0.1) is 0 Å². The Morgan fingerprint density at radius 1 is 0.714 bits per heavy atom. The first-order valence-electron chi connectivity index (χ1n) is 7.36. The van der Waals surface area contributed by atoms with Crippen molar-refractivity contribution in [3.05, 3.63) is 72.8 Å². The molecule has 108 valence electrons. The Bertz CT molecular complexity index is 633. The van der Waals surface area contributed by atoms with Gasteiger partial charge in [-0.05, 0) is 35.3 Å². The lowest BCUT2D eigenvalue weighted by molar-refractivity contribution is 1.56. The van der Waals surface area contributed by atoms with Crippen molar-refractivity contribution in [2.45, 2.75) is 26.9 Å². The summed E-state index contributed by atoms with van der Waals surface area (Å²) in [5, 5.41) is 2.90. The maximum atomic E-state index is 4.16. The Hall–Kier alpha value is -1.86. The lowest BCUT2D eigenvalue weighted by Gasteiger charge is -2.29. The summed E-state index contributed by atoms with van der Waals surface area (Å²) in [5.74, 6) is 0. The van der Waals surface area contributed by atoms with Crippen molar-refractivity contribution in [1.82, 2.24) is 0 Å². The predicted octanol–water partition coefficient (Wildman–Crippen LogP) is 4.58. The fraction of sp³-hybridized carbons (Fsp3) is 0.200. The van der Waals surface area contributed by atoms with Gasteiger partial charge in [0.25, 0.3) is 0 Å². The summed E-state index contributed by atoms with van der Waals surface area (Å²) in [4.78, 5) is 0. The van der Waals surface area contributed by atoms with Crippen molar-refractivity contribution < 1.29 is 0 Å². The molecule has 0 bridgehead atoms. The second-order valence-electron chi connectivity index (χ2n) is 6.28. The van der Waals surface area contributed by atoms with E-state index in [-0.39, 0.29) is 0 Å². The average molecular weight is 292 g/mol. The molecule has 0 saturated carbocycles. The smallest absolute Gasteiger partial charge is 0.0955 e. The molecule has 0 unspecified atom stereocenters. The maximum absolute atomic E-state index is 4.16. The largest absolute Gasteiger partial charge is 0.113 e. The summed E-state index contributed by atoms with van der Waals surface area (Å²) >= 11 is 0. The molecule has 0 N–H and O–H groups in total. The van der Waals surface area contributed by atoms with Gasteiger partial charge in [0.1, 0.15) is 8.07 Å². The summed E-state index contributed by atoms with van der Waals surface area (Å²) in [6.45, 7) is 17.3. The summed E-state index contributed by atoms with van der Waals surface area (Å²) in [6, 6.07) is 17.4. The molecule has 0 amide bonds. The van der Waals surface area contributed by atoms with Gasteiger partial charge in [0, 0.05) is 0 Å². The maximum Gasteiger partial charge on any atom is 0.113 e. The molecule has 0 saturated heterocycles. The van der Waals surface area contributed by atoms with Gasteiger partial charge in [-0.1, -0.05) is 85.9 Å². The Labute approximate surface area is 129 Å². The highest BCUT2D eigenvalue weighted by Crippen LogP contribution is 2.18. The molecule has 0 fully saturated rings.